The lowest BCUT2D eigenvalue weighted by molar-refractivity contribution is 0.356. The van der Waals surface area contributed by atoms with Crippen LogP contribution in [0.25, 0.3) is 10.9 Å². The lowest BCUT2D eigenvalue weighted by Gasteiger charge is -2.16. The van der Waals surface area contributed by atoms with Crippen molar-refractivity contribution < 1.29 is 14.2 Å². The summed E-state index contributed by atoms with van der Waals surface area (Å²) in [5.74, 6) is 1.70. The van der Waals surface area contributed by atoms with Crippen molar-refractivity contribution in [1.29, 1.82) is 5.26 Å². The number of rotatable bonds is 5. The van der Waals surface area contributed by atoms with Crippen LogP contribution < -0.4 is 19.5 Å². The van der Waals surface area contributed by atoms with Gasteiger partial charge in [-0.1, -0.05) is 11.6 Å². The molecule has 3 rings (SSSR count). The number of aromatic nitrogens is 1. The van der Waals surface area contributed by atoms with Gasteiger partial charge in [0.05, 0.1) is 43.8 Å². The van der Waals surface area contributed by atoms with Crippen LogP contribution in [0, 0.1) is 11.3 Å². The highest BCUT2D eigenvalue weighted by molar-refractivity contribution is 6.31. The Hall–Kier alpha value is -3.17. The molecule has 7 heteroatoms. The van der Waals surface area contributed by atoms with Crippen LogP contribution in [-0.2, 0) is 0 Å². The van der Waals surface area contributed by atoms with Gasteiger partial charge in [0.1, 0.15) is 11.8 Å². The van der Waals surface area contributed by atoms with Crippen molar-refractivity contribution in [2.45, 2.75) is 0 Å². The standard InChI is InChI=1S/C19H16ClN3O3/c1-24-16-5-4-12(20)6-15(16)23-19-11(9-21)10-22-14-8-18(26-3)17(25-2)7-13(14)19/h4-8,10H,1-3H3,(H,22,23). The Morgan fingerprint density at radius 1 is 1.00 bits per heavy atom. The fourth-order valence-corrected chi connectivity index (χ4v) is 2.82. The van der Waals surface area contributed by atoms with Crippen LogP contribution >= 0.6 is 11.6 Å². The SMILES string of the molecule is COc1ccc(Cl)cc1Nc1c(C#N)cnc2cc(OC)c(OC)cc12. The highest BCUT2D eigenvalue weighted by Crippen LogP contribution is 2.38. The molecular formula is C19H16ClN3O3. The van der Waals surface area contributed by atoms with Crippen molar-refractivity contribution in [3.05, 3.63) is 47.1 Å². The molecule has 0 spiro atoms. The highest BCUT2D eigenvalue weighted by Gasteiger charge is 2.15. The zero-order valence-corrected chi connectivity index (χ0v) is 15.2. The number of hydrogen-bond acceptors (Lipinski definition) is 6. The number of pyridine rings is 1. The van der Waals surface area contributed by atoms with E-state index >= 15 is 0 Å². The first-order valence-electron chi connectivity index (χ1n) is 7.66. The largest absolute Gasteiger partial charge is 0.495 e. The number of nitrogens with one attached hydrogen (secondary N) is 1. The average molecular weight is 370 g/mol. The quantitative estimate of drug-likeness (QED) is 0.712. The van der Waals surface area contributed by atoms with E-state index in [0.717, 1.165) is 0 Å². The van der Waals surface area contributed by atoms with Crippen LogP contribution in [0.2, 0.25) is 5.02 Å². The molecule has 1 N–H and O–H groups in total. The second-order valence-corrected chi connectivity index (χ2v) is 5.79. The van der Waals surface area contributed by atoms with Gasteiger partial charge in [-0.05, 0) is 24.3 Å². The third-order valence-electron chi connectivity index (χ3n) is 3.91. The lowest BCUT2D eigenvalue weighted by atomic mass is 10.1. The monoisotopic (exact) mass is 369 g/mol. The smallest absolute Gasteiger partial charge is 0.162 e. The Balaban J connectivity index is 2.24. The average Bonchev–Trinajstić information content (AvgIpc) is 2.67. The Bertz CT molecular complexity index is 1020. The van der Waals surface area contributed by atoms with Crippen LogP contribution in [0.1, 0.15) is 5.56 Å². The van der Waals surface area contributed by atoms with Crippen LogP contribution in [0.4, 0.5) is 11.4 Å². The lowest BCUT2D eigenvalue weighted by Crippen LogP contribution is -2.00. The molecule has 0 aliphatic heterocycles. The Morgan fingerprint density at radius 2 is 1.69 bits per heavy atom. The maximum atomic E-state index is 9.52. The summed E-state index contributed by atoms with van der Waals surface area (Å²) in [7, 11) is 4.68. The van der Waals surface area contributed by atoms with Gasteiger partial charge >= 0.3 is 0 Å². The minimum Gasteiger partial charge on any atom is -0.495 e. The predicted molar refractivity (Wildman–Crippen MR) is 101 cm³/mol. The molecule has 0 atom stereocenters. The summed E-state index contributed by atoms with van der Waals surface area (Å²) >= 11 is 6.11. The number of benzene rings is 2. The van der Waals surface area contributed by atoms with Crippen molar-refractivity contribution in [3.8, 4) is 23.3 Å². The van der Waals surface area contributed by atoms with Gasteiger partial charge in [-0.15, -0.1) is 0 Å². The van der Waals surface area contributed by atoms with Gasteiger partial charge in [0.2, 0.25) is 0 Å². The van der Waals surface area contributed by atoms with Crippen LogP contribution in [-0.4, -0.2) is 26.3 Å². The van der Waals surface area contributed by atoms with Gasteiger partial charge < -0.3 is 19.5 Å². The zero-order chi connectivity index (χ0) is 18.7. The molecule has 2 aromatic carbocycles. The molecule has 132 valence electrons. The molecular weight excluding hydrogens is 354 g/mol. The molecule has 0 amide bonds. The first kappa shape index (κ1) is 17.6. The highest BCUT2D eigenvalue weighted by atomic mass is 35.5. The topological polar surface area (TPSA) is 76.4 Å². The Morgan fingerprint density at radius 3 is 2.35 bits per heavy atom. The maximum Gasteiger partial charge on any atom is 0.162 e. The van der Waals surface area contributed by atoms with E-state index in [1.807, 2.05) is 0 Å². The second kappa shape index (κ2) is 7.38. The number of nitriles is 1. The van der Waals surface area contributed by atoms with Crippen molar-refractivity contribution in [3.63, 3.8) is 0 Å². The van der Waals surface area contributed by atoms with Gasteiger partial charge in [0.15, 0.2) is 11.5 Å². The van der Waals surface area contributed by atoms with Gasteiger partial charge in [-0.25, -0.2) is 0 Å². The van der Waals surface area contributed by atoms with Crippen LogP contribution in [0.15, 0.2) is 36.5 Å². The van der Waals surface area contributed by atoms with Crippen molar-refractivity contribution in [1.82, 2.24) is 4.98 Å². The molecule has 0 fully saturated rings. The molecule has 1 aromatic heterocycles. The normalized spacial score (nSPS) is 10.3. The summed E-state index contributed by atoms with van der Waals surface area (Å²) in [6.07, 6.45) is 1.51. The predicted octanol–water partition coefficient (Wildman–Crippen LogP) is 4.53. The van der Waals surface area contributed by atoms with Crippen molar-refractivity contribution in [2.75, 3.05) is 26.6 Å². The molecule has 0 saturated carbocycles. The van der Waals surface area contributed by atoms with E-state index in [4.69, 9.17) is 25.8 Å². The number of fused-ring (bicyclic) bond motifs is 1. The number of ether oxygens (including phenoxy) is 3. The number of nitrogens with zero attached hydrogens (tertiary/aromatic N) is 2. The van der Waals surface area contributed by atoms with E-state index in [2.05, 4.69) is 16.4 Å². The van der Waals surface area contributed by atoms with Gasteiger partial charge in [-0.2, -0.15) is 5.26 Å². The van der Waals surface area contributed by atoms with E-state index < -0.39 is 0 Å². The summed E-state index contributed by atoms with van der Waals surface area (Å²) in [5.41, 5.74) is 2.26. The Kier molecular flexibility index (Phi) is 5.01. The first-order chi connectivity index (χ1) is 12.6. The second-order valence-electron chi connectivity index (χ2n) is 5.35. The fraction of sp³-hybridized carbons (Fsp3) is 0.158. The molecule has 0 bridgehead atoms. The minimum atomic E-state index is 0.381. The third-order valence-corrected chi connectivity index (χ3v) is 4.15. The van der Waals surface area contributed by atoms with Crippen molar-refractivity contribution >= 4 is 33.9 Å². The molecule has 0 unspecified atom stereocenters. The summed E-state index contributed by atoms with van der Waals surface area (Å²) in [6, 6.07) is 10.9. The first-order valence-corrected chi connectivity index (χ1v) is 8.04. The van der Waals surface area contributed by atoms with Gasteiger partial charge in [0.25, 0.3) is 0 Å². The number of halogens is 1. The van der Waals surface area contributed by atoms with E-state index in [1.54, 1.807) is 51.7 Å². The van der Waals surface area contributed by atoms with Crippen molar-refractivity contribution in [2.24, 2.45) is 0 Å². The summed E-state index contributed by atoms with van der Waals surface area (Å²) in [5, 5.41) is 14.0. The van der Waals surface area contributed by atoms with E-state index in [-0.39, 0.29) is 0 Å². The molecule has 3 aromatic rings. The number of hydrogen-bond donors (Lipinski definition) is 1. The Labute approximate surface area is 155 Å². The zero-order valence-electron chi connectivity index (χ0n) is 14.5. The van der Waals surface area contributed by atoms with E-state index in [0.29, 0.717) is 50.1 Å². The molecule has 26 heavy (non-hydrogen) atoms. The van der Waals surface area contributed by atoms with E-state index in [9.17, 15) is 5.26 Å². The van der Waals surface area contributed by atoms with Gasteiger partial charge in [-0.3, -0.25) is 4.98 Å². The minimum absolute atomic E-state index is 0.381. The summed E-state index contributed by atoms with van der Waals surface area (Å²) in [6.45, 7) is 0. The molecule has 0 radical (unpaired) electrons. The molecule has 0 saturated heterocycles. The molecule has 6 nitrogen and oxygen atoms in total. The summed E-state index contributed by atoms with van der Waals surface area (Å²) < 4.78 is 16.1. The number of methoxy groups -OCH3 is 3. The molecule has 0 aliphatic carbocycles. The fourth-order valence-electron chi connectivity index (χ4n) is 2.65. The maximum absolute atomic E-state index is 9.52. The molecule has 0 aliphatic rings. The number of anilines is 2. The van der Waals surface area contributed by atoms with Crippen LogP contribution in [0.3, 0.4) is 0 Å². The van der Waals surface area contributed by atoms with Gasteiger partial charge in [0, 0.05) is 22.7 Å². The van der Waals surface area contributed by atoms with E-state index in [1.165, 1.54) is 6.20 Å². The third kappa shape index (κ3) is 3.17. The molecule has 1 heterocycles. The van der Waals surface area contributed by atoms with Crippen LogP contribution in [0.5, 0.6) is 17.2 Å². The summed E-state index contributed by atoms with van der Waals surface area (Å²) in [4.78, 5) is 4.34.